The first-order chi connectivity index (χ1) is 26.3. The van der Waals surface area contributed by atoms with Crippen molar-refractivity contribution in [1.29, 1.82) is 0 Å². The lowest BCUT2D eigenvalue weighted by Crippen LogP contribution is -2.40. The number of hydrogen-bond donors (Lipinski definition) is 0. The number of rotatable bonds is 6. The van der Waals surface area contributed by atoms with Crippen LogP contribution >= 0.6 is 0 Å². The Morgan fingerprint density at radius 1 is 0.604 bits per heavy atom. The largest absolute Gasteiger partial charge is 0.336 e. The van der Waals surface area contributed by atoms with Crippen molar-refractivity contribution in [2.75, 3.05) is 14.7 Å². The molecule has 0 bridgehead atoms. The Bertz CT molecular complexity index is 2520. The zero-order valence-electron chi connectivity index (χ0n) is 30.0. The summed E-state index contributed by atoms with van der Waals surface area (Å²) >= 11 is 0. The van der Waals surface area contributed by atoms with Crippen LogP contribution in [0.15, 0.2) is 157 Å². The van der Waals surface area contributed by atoms with Crippen LogP contribution in [-0.2, 0) is 6.42 Å². The number of benzene rings is 5. The smallest absolute Gasteiger partial charge is 0.0632 e. The third kappa shape index (κ3) is 5.01. The number of nitrogens with zero attached hydrogens (tertiary/aromatic N) is 3. The molecular weight excluding hydrogens is 643 g/mol. The molecule has 3 unspecified atom stereocenters. The molecular formula is C50H43N3. The van der Waals surface area contributed by atoms with Crippen LogP contribution in [0.2, 0.25) is 0 Å². The molecule has 3 heteroatoms. The minimum atomic E-state index is 0.282. The first kappa shape index (κ1) is 30.8. The Hall–Kier alpha value is -5.80. The third-order valence-corrected chi connectivity index (χ3v) is 12.4. The SMILES string of the molecule is C1=CCCC(N(c2ccccc2)c2ccc3c(c2)=CC2c4cccc5c4N(C4=Cc6ccc(N(C7=CCCCC7)c7ccccc7)cc6CC45)C2C=3)=C1. The van der Waals surface area contributed by atoms with Crippen molar-refractivity contribution in [2.24, 2.45) is 0 Å². The fourth-order valence-electron chi connectivity index (χ4n) is 10.0. The number of allylic oxidation sites excluding steroid dienone is 7. The van der Waals surface area contributed by atoms with E-state index in [-0.39, 0.29) is 6.04 Å². The van der Waals surface area contributed by atoms with Gasteiger partial charge in [-0.2, -0.15) is 0 Å². The molecule has 5 aromatic rings. The van der Waals surface area contributed by atoms with Gasteiger partial charge in [0.1, 0.15) is 0 Å². The zero-order chi connectivity index (χ0) is 34.9. The fourth-order valence-corrected chi connectivity index (χ4v) is 10.0. The highest BCUT2D eigenvalue weighted by molar-refractivity contribution is 5.87. The van der Waals surface area contributed by atoms with Crippen molar-refractivity contribution in [1.82, 2.24) is 0 Å². The molecule has 4 aliphatic carbocycles. The van der Waals surface area contributed by atoms with E-state index >= 15 is 0 Å². The summed E-state index contributed by atoms with van der Waals surface area (Å²) in [6.07, 6.45) is 24.8. The molecule has 0 N–H and O–H groups in total. The predicted octanol–water partition coefficient (Wildman–Crippen LogP) is 10.9. The van der Waals surface area contributed by atoms with E-state index in [1.807, 2.05) is 0 Å². The summed E-state index contributed by atoms with van der Waals surface area (Å²) in [6.45, 7) is 0. The molecule has 3 nitrogen and oxygen atoms in total. The van der Waals surface area contributed by atoms with Gasteiger partial charge in [0, 0.05) is 57.4 Å². The standard InChI is InChI=1S/C50H43N3/c1-5-14-38(15-6-1)51(39-16-7-2-8-17-39)42-26-24-34-32-48-46(30-36(34)28-42)44-22-13-23-45-47-31-37-29-43(27-25-35(37)33-49(47)53(48)50(44)45)52(40-18-9-3-10-19-40)41-20-11-4-12-21-41/h1-3,5-7,9-10,13-16,18-20,22-30,32-33,46-48H,4,8,11-12,17,21,31H2. The van der Waals surface area contributed by atoms with E-state index in [1.54, 1.807) is 0 Å². The number of hydrogen-bond acceptors (Lipinski definition) is 3. The van der Waals surface area contributed by atoms with Gasteiger partial charge in [-0.1, -0.05) is 97.1 Å². The van der Waals surface area contributed by atoms with Crippen LogP contribution in [0.1, 0.15) is 72.6 Å². The first-order valence-electron chi connectivity index (χ1n) is 19.6. The minimum Gasteiger partial charge on any atom is -0.336 e. The topological polar surface area (TPSA) is 9.72 Å². The average Bonchev–Trinajstić information content (AvgIpc) is 3.72. The van der Waals surface area contributed by atoms with Crippen molar-refractivity contribution in [2.45, 2.75) is 62.8 Å². The molecule has 0 spiro atoms. The van der Waals surface area contributed by atoms with E-state index in [0.29, 0.717) is 11.8 Å². The van der Waals surface area contributed by atoms with Crippen molar-refractivity contribution in [3.05, 3.63) is 189 Å². The van der Waals surface area contributed by atoms with Gasteiger partial charge in [0.15, 0.2) is 0 Å². The summed E-state index contributed by atoms with van der Waals surface area (Å²) in [6, 6.07) is 43.5. The maximum absolute atomic E-state index is 2.71. The van der Waals surface area contributed by atoms with Crippen molar-refractivity contribution in [3.8, 4) is 0 Å². The molecule has 258 valence electrons. The van der Waals surface area contributed by atoms with Crippen molar-refractivity contribution < 1.29 is 0 Å². The highest BCUT2D eigenvalue weighted by Crippen LogP contribution is 2.58. The Kier molecular flexibility index (Phi) is 7.21. The molecule has 0 radical (unpaired) electrons. The Morgan fingerprint density at radius 2 is 1.38 bits per heavy atom. The van der Waals surface area contributed by atoms with Gasteiger partial charge < -0.3 is 14.7 Å². The first-order valence-corrected chi connectivity index (χ1v) is 19.6. The molecule has 5 aromatic carbocycles. The molecule has 3 atom stereocenters. The quantitative estimate of drug-likeness (QED) is 0.176. The summed E-state index contributed by atoms with van der Waals surface area (Å²) < 4.78 is 0. The summed E-state index contributed by atoms with van der Waals surface area (Å²) in [5.74, 6) is 0.700. The molecule has 2 aliphatic heterocycles. The van der Waals surface area contributed by atoms with E-state index in [4.69, 9.17) is 0 Å². The summed E-state index contributed by atoms with van der Waals surface area (Å²) in [4.78, 5) is 7.67. The molecule has 11 rings (SSSR count). The Labute approximate surface area is 312 Å². The molecule has 0 saturated heterocycles. The summed E-state index contributed by atoms with van der Waals surface area (Å²) in [5.41, 5.74) is 16.5. The van der Waals surface area contributed by atoms with Gasteiger partial charge in [0.05, 0.1) is 6.04 Å². The van der Waals surface area contributed by atoms with Gasteiger partial charge in [-0.05, 0) is 138 Å². The Morgan fingerprint density at radius 3 is 2.15 bits per heavy atom. The van der Waals surface area contributed by atoms with Crippen LogP contribution in [0.3, 0.4) is 0 Å². The van der Waals surface area contributed by atoms with E-state index in [0.717, 1.165) is 32.1 Å². The minimum absolute atomic E-state index is 0.282. The van der Waals surface area contributed by atoms with Crippen LogP contribution in [0.25, 0.3) is 18.2 Å². The van der Waals surface area contributed by atoms with Crippen LogP contribution in [0, 0.1) is 0 Å². The second kappa shape index (κ2) is 12.4. The van der Waals surface area contributed by atoms with Crippen molar-refractivity contribution >= 4 is 46.7 Å². The van der Waals surface area contributed by atoms with E-state index in [2.05, 4.69) is 172 Å². The molecule has 0 aromatic heterocycles. The molecule has 0 saturated carbocycles. The van der Waals surface area contributed by atoms with Crippen LogP contribution in [0.5, 0.6) is 0 Å². The maximum Gasteiger partial charge on any atom is 0.0632 e. The van der Waals surface area contributed by atoms with Crippen LogP contribution in [0.4, 0.5) is 28.4 Å². The van der Waals surface area contributed by atoms with Crippen molar-refractivity contribution in [3.63, 3.8) is 0 Å². The summed E-state index contributed by atoms with van der Waals surface area (Å²) in [5, 5.41) is 2.66. The van der Waals surface area contributed by atoms with Gasteiger partial charge in [-0.3, -0.25) is 0 Å². The molecule has 53 heavy (non-hydrogen) atoms. The second-order valence-corrected chi connectivity index (χ2v) is 15.4. The normalized spacial score (nSPS) is 21.4. The van der Waals surface area contributed by atoms with Gasteiger partial charge in [-0.25, -0.2) is 0 Å². The third-order valence-electron chi connectivity index (χ3n) is 12.4. The van der Waals surface area contributed by atoms with Gasteiger partial charge in [0.2, 0.25) is 0 Å². The zero-order valence-corrected chi connectivity index (χ0v) is 30.0. The van der Waals surface area contributed by atoms with Crippen LogP contribution < -0.4 is 25.1 Å². The van der Waals surface area contributed by atoms with Crippen LogP contribution in [-0.4, -0.2) is 6.04 Å². The van der Waals surface area contributed by atoms with Gasteiger partial charge in [-0.15, -0.1) is 0 Å². The van der Waals surface area contributed by atoms with Gasteiger partial charge in [0.25, 0.3) is 0 Å². The lowest BCUT2D eigenvalue weighted by atomic mass is 9.81. The van der Waals surface area contributed by atoms with E-state index in [1.165, 1.54) is 91.1 Å². The fraction of sp³-hybridized carbons (Fsp3) is 0.200. The Balaban J connectivity index is 0.977. The highest BCUT2D eigenvalue weighted by atomic mass is 15.2. The molecule has 2 heterocycles. The average molecular weight is 686 g/mol. The highest BCUT2D eigenvalue weighted by Gasteiger charge is 2.48. The van der Waals surface area contributed by atoms with E-state index < -0.39 is 0 Å². The second-order valence-electron chi connectivity index (χ2n) is 15.4. The molecule has 0 amide bonds. The molecule has 0 fully saturated rings. The van der Waals surface area contributed by atoms with Gasteiger partial charge >= 0.3 is 0 Å². The molecule has 6 aliphatic rings. The summed E-state index contributed by atoms with van der Waals surface area (Å²) in [7, 11) is 0. The monoisotopic (exact) mass is 685 g/mol. The number of para-hydroxylation sites is 3. The lowest BCUT2D eigenvalue weighted by Gasteiger charge is -2.33. The predicted molar refractivity (Wildman–Crippen MR) is 221 cm³/mol. The number of fused-ring (bicyclic) bond motifs is 8. The lowest BCUT2D eigenvalue weighted by molar-refractivity contribution is 0.690. The number of anilines is 5. The van der Waals surface area contributed by atoms with E-state index in [9.17, 15) is 0 Å². The maximum atomic E-state index is 2.71.